The van der Waals surface area contributed by atoms with Gasteiger partial charge in [-0.05, 0) is 19.1 Å². The van der Waals surface area contributed by atoms with Crippen LogP contribution in [0.3, 0.4) is 0 Å². The molecule has 0 saturated carbocycles. The SMILES string of the molecule is COCCNc1nnc(-c2ccc(C)cc2)o1. The predicted octanol–water partition coefficient (Wildman–Crippen LogP) is 2.10. The molecule has 1 N–H and O–H groups in total. The first-order chi connectivity index (χ1) is 8.29. The Balaban J connectivity index is 2.04. The molecule has 1 aromatic heterocycles. The first kappa shape index (κ1) is 11.6. The number of ether oxygens (including phenoxy) is 1. The Labute approximate surface area is 99.8 Å². The summed E-state index contributed by atoms with van der Waals surface area (Å²) in [7, 11) is 1.65. The monoisotopic (exact) mass is 233 g/mol. The summed E-state index contributed by atoms with van der Waals surface area (Å²) < 4.78 is 10.4. The minimum Gasteiger partial charge on any atom is -0.403 e. The van der Waals surface area contributed by atoms with Crippen LogP contribution in [0.2, 0.25) is 0 Å². The van der Waals surface area contributed by atoms with E-state index in [1.54, 1.807) is 7.11 Å². The summed E-state index contributed by atoms with van der Waals surface area (Å²) in [6.07, 6.45) is 0. The van der Waals surface area contributed by atoms with Crippen LogP contribution >= 0.6 is 0 Å². The van der Waals surface area contributed by atoms with E-state index in [2.05, 4.69) is 15.5 Å². The van der Waals surface area contributed by atoms with E-state index in [0.717, 1.165) is 5.56 Å². The molecule has 0 atom stereocenters. The zero-order valence-corrected chi connectivity index (χ0v) is 9.93. The fourth-order valence-corrected chi connectivity index (χ4v) is 1.37. The molecule has 0 aliphatic heterocycles. The number of anilines is 1. The van der Waals surface area contributed by atoms with Gasteiger partial charge in [0.2, 0.25) is 5.89 Å². The van der Waals surface area contributed by atoms with Crippen molar-refractivity contribution in [3.8, 4) is 11.5 Å². The van der Waals surface area contributed by atoms with Gasteiger partial charge in [-0.1, -0.05) is 22.8 Å². The van der Waals surface area contributed by atoms with Crippen molar-refractivity contribution in [2.45, 2.75) is 6.92 Å². The summed E-state index contributed by atoms with van der Waals surface area (Å²) in [6.45, 7) is 3.28. The highest BCUT2D eigenvalue weighted by Gasteiger charge is 2.07. The van der Waals surface area contributed by atoms with Crippen molar-refractivity contribution in [1.82, 2.24) is 10.2 Å². The fraction of sp³-hybridized carbons (Fsp3) is 0.333. The molecule has 2 aromatic rings. The van der Waals surface area contributed by atoms with Crippen molar-refractivity contribution in [1.29, 1.82) is 0 Å². The number of nitrogens with one attached hydrogen (secondary N) is 1. The number of benzene rings is 1. The quantitative estimate of drug-likeness (QED) is 0.801. The normalized spacial score (nSPS) is 10.5. The maximum atomic E-state index is 5.47. The molecule has 1 heterocycles. The largest absolute Gasteiger partial charge is 0.403 e. The van der Waals surface area contributed by atoms with Gasteiger partial charge in [0.1, 0.15) is 0 Å². The smallest absolute Gasteiger partial charge is 0.315 e. The second kappa shape index (κ2) is 5.45. The van der Waals surface area contributed by atoms with Crippen LogP contribution in [-0.2, 0) is 4.74 Å². The number of hydrogen-bond donors (Lipinski definition) is 1. The Kier molecular flexibility index (Phi) is 3.72. The molecule has 0 aliphatic carbocycles. The molecule has 17 heavy (non-hydrogen) atoms. The summed E-state index contributed by atoms with van der Waals surface area (Å²) in [5.41, 5.74) is 2.12. The lowest BCUT2D eigenvalue weighted by atomic mass is 10.1. The van der Waals surface area contributed by atoms with Crippen molar-refractivity contribution in [2.24, 2.45) is 0 Å². The number of hydrogen-bond acceptors (Lipinski definition) is 5. The second-order valence-electron chi connectivity index (χ2n) is 3.70. The zero-order chi connectivity index (χ0) is 12.1. The minimum absolute atomic E-state index is 0.414. The standard InChI is InChI=1S/C12H15N3O2/c1-9-3-5-10(6-4-9)11-14-15-12(17-11)13-7-8-16-2/h3-6H,7-8H2,1-2H3,(H,13,15). The van der Waals surface area contributed by atoms with Gasteiger partial charge in [0, 0.05) is 19.2 Å². The molecule has 0 aliphatic rings. The van der Waals surface area contributed by atoms with Gasteiger partial charge in [-0.15, -0.1) is 5.10 Å². The van der Waals surface area contributed by atoms with E-state index in [9.17, 15) is 0 Å². The highest BCUT2D eigenvalue weighted by atomic mass is 16.5. The van der Waals surface area contributed by atoms with Crippen molar-refractivity contribution in [3.05, 3.63) is 29.8 Å². The molecular formula is C12H15N3O2. The Hall–Kier alpha value is -1.88. The Morgan fingerprint density at radius 1 is 1.24 bits per heavy atom. The molecule has 0 saturated heterocycles. The van der Waals surface area contributed by atoms with Gasteiger partial charge in [-0.3, -0.25) is 0 Å². The van der Waals surface area contributed by atoms with Crippen LogP contribution in [0.1, 0.15) is 5.56 Å². The number of methoxy groups -OCH3 is 1. The third kappa shape index (κ3) is 3.04. The van der Waals surface area contributed by atoms with Gasteiger partial charge in [0.05, 0.1) is 6.61 Å². The molecule has 5 nitrogen and oxygen atoms in total. The van der Waals surface area contributed by atoms with E-state index < -0.39 is 0 Å². The highest BCUT2D eigenvalue weighted by molar-refractivity contribution is 5.53. The molecule has 90 valence electrons. The summed E-state index contributed by atoms with van der Waals surface area (Å²) >= 11 is 0. The van der Waals surface area contributed by atoms with E-state index in [1.807, 2.05) is 31.2 Å². The van der Waals surface area contributed by atoms with Gasteiger partial charge in [-0.25, -0.2) is 0 Å². The Morgan fingerprint density at radius 3 is 2.71 bits per heavy atom. The number of nitrogens with zero attached hydrogens (tertiary/aromatic N) is 2. The lowest BCUT2D eigenvalue weighted by Crippen LogP contribution is -2.07. The first-order valence-corrected chi connectivity index (χ1v) is 5.43. The number of aryl methyl sites for hydroxylation is 1. The van der Waals surface area contributed by atoms with Crippen LogP contribution in [0.15, 0.2) is 28.7 Å². The molecule has 1 aromatic carbocycles. The van der Waals surface area contributed by atoms with E-state index in [0.29, 0.717) is 25.1 Å². The lowest BCUT2D eigenvalue weighted by molar-refractivity contribution is 0.210. The summed E-state index contributed by atoms with van der Waals surface area (Å²) in [4.78, 5) is 0. The predicted molar refractivity (Wildman–Crippen MR) is 64.8 cm³/mol. The lowest BCUT2D eigenvalue weighted by Gasteiger charge is -1.98. The third-order valence-electron chi connectivity index (χ3n) is 2.31. The number of rotatable bonds is 5. The maximum Gasteiger partial charge on any atom is 0.315 e. The van der Waals surface area contributed by atoms with Crippen LogP contribution in [-0.4, -0.2) is 30.5 Å². The Bertz CT molecular complexity index is 465. The summed E-state index contributed by atoms with van der Waals surface area (Å²) in [5, 5.41) is 10.9. The summed E-state index contributed by atoms with van der Waals surface area (Å²) in [6, 6.07) is 8.36. The van der Waals surface area contributed by atoms with E-state index in [1.165, 1.54) is 5.56 Å². The average Bonchev–Trinajstić information content (AvgIpc) is 2.79. The van der Waals surface area contributed by atoms with Gasteiger partial charge in [0.25, 0.3) is 0 Å². The zero-order valence-electron chi connectivity index (χ0n) is 9.93. The summed E-state index contributed by atoms with van der Waals surface area (Å²) in [5.74, 6) is 0.518. The molecule has 0 fully saturated rings. The molecule has 0 spiro atoms. The van der Waals surface area contributed by atoms with Crippen LogP contribution in [0, 0.1) is 6.92 Å². The van der Waals surface area contributed by atoms with Gasteiger partial charge in [0.15, 0.2) is 0 Å². The molecule has 0 radical (unpaired) electrons. The van der Waals surface area contributed by atoms with Crippen LogP contribution in [0.25, 0.3) is 11.5 Å². The van der Waals surface area contributed by atoms with E-state index in [-0.39, 0.29) is 0 Å². The fourth-order valence-electron chi connectivity index (χ4n) is 1.37. The van der Waals surface area contributed by atoms with Crippen molar-refractivity contribution in [3.63, 3.8) is 0 Å². The van der Waals surface area contributed by atoms with Crippen LogP contribution in [0.5, 0.6) is 0 Å². The molecular weight excluding hydrogens is 218 g/mol. The van der Waals surface area contributed by atoms with Gasteiger partial charge < -0.3 is 14.5 Å². The highest BCUT2D eigenvalue weighted by Crippen LogP contribution is 2.19. The maximum absolute atomic E-state index is 5.47. The van der Waals surface area contributed by atoms with Crippen molar-refractivity contribution >= 4 is 6.01 Å². The molecule has 0 unspecified atom stereocenters. The molecule has 0 bridgehead atoms. The van der Waals surface area contributed by atoms with E-state index >= 15 is 0 Å². The van der Waals surface area contributed by atoms with Gasteiger partial charge in [-0.2, -0.15) is 0 Å². The van der Waals surface area contributed by atoms with Crippen LogP contribution in [0.4, 0.5) is 6.01 Å². The first-order valence-electron chi connectivity index (χ1n) is 5.43. The number of aromatic nitrogens is 2. The van der Waals surface area contributed by atoms with Crippen molar-refractivity contribution < 1.29 is 9.15 Å². The second-order valence-corrected chi connectivity index (χ2v) is 3.70. The Morgan fingerprint density at radius 2 is 2.00 bits per heavy atom. The molecule has 5 heteroatoms. The third-order valence-corrected chi connectivity index (χ3v) is 2.31. The van der Waals surface area contributed by atoms with Crippen molar-refractivity contribution in [2.75, 3.05) is 25.6 Å². The topological polar surface area (TPSA) is 60.2 Å². The minimum atomic E-state index is 0.414. The average molecular weight is 233 g/mol. The molecule has 2 rings (SSSR count). The van der Waals surface area contributed by atoms with Gasteiger partial charge >= 0.3 is 6.01 Å². The van der Waals surface area contributed by atoms with Crippen LogP contribution < -0.4 is 5.32 Å². The molecule has 0 amide bonds. The van der Waals surface area contributed by atoms with E-state index in [4.69, 9.17) is 9.15 Å².